The molecule has 2 N–H and O–H groups in total. The Morgan fingerprint density at radius 3 is 2.50 bits per heavy atom. The third kappa shape index (κ3) is 4.50. The van der Waals surface area contributed by atoms with Crippen molar-refractivity contribution in [2.75, 3.05) is 53.3 Å². The van der Waals surface area contributed by atoms with E-state index >= 15 is 0 Å². The number of benzene rings is 2. The van der Waals surface area contributed by atoms with Gasteiger partial charge in [-0.15, -0.1) is 0 Å². The van der Waals surface area contributed by atoms with E-state index in [1.165, 1.54) is 7.11 Å². The molecule has 0 aliphatic carbocycles. The molecule has 2 heterocycles. The minimum Gasteiger partial charge on any atom is -0.497 e. The van der Waals surface area contributed by atoms with Crippen LogP contribution in [0.25, 0.3) is 22.3 Å². The highest BCUT2D eigenvalue weighted by atomic mass is 16.5. The van der Waals surface area contributed by atoms with E-state index < -0.39 is 0 Å². The molecule has 0 atom stereocenters. The lowest BCUT2D eigenvalue weighted by Crippen LogP contribution is -2.33. The second kappa shape index (κ2) is 9.48. The molecule has 1 saturated heterocycles. The average Bonchev–Trinajstić information content (AvgIpc) is 2.82. The van der Waals surface area contributed by atoms with Crippen LogP contribution in [-0.2, 0) is 0 Å². The van der Waals surface area contributed by atoms with Crippen LogP contribution in [0.15, 0.2) is 35.1 Å². The SMILES string of the molecule is COc1ccc(-c2nc3cc(OC)cc(OC)c3c(=O)[nH]2)c(NCC2CCN(C)CC2)c1. The van der Waals surface area contributed by atoms with Crippen molar-refractivity contribution in [1.29, 1.82) is 0 Å². The van der Waals surface area contributed by atoms with Crippen molar-refractivity contribution in [1.82, 2.24) is 14.9 Å². The summed E-state index contributed by atoms with van der Waals surface area (Å²) >= 11 is 0. The highest BCUT2D eigenvalue weighted by molar-refractivity contribution is 5.88. The van der Waals surface area contributed by atoms with Gasteiger partial charge in [0, 0.05) is 36.0 Å². The van der Waals surface area contributed by atoms with Crippen LogP contribution >= 0.6 is 0 Å². The summed E-state index contributed by atoms with van der Waals surface area (Å²) < 4.78 is 16.2. The molecule has 3 aromatic rings. The summed E-state index contributed by atoms with van der Waals surface area (Å²) in [4.78, 5) is 23.0. The second-order valence-electron chi connectivity index (χ2n) is 8.18. The molecule has 1 aliphatic rings. The van der Waals surface area contributed by atoms with Crippen LogP contribution in [0.1, 0.15) is 12.8 Å². The van der Waals surface area contributed by atoms with E-state index in [4.69, 9.17) is 19.2 Å². The molecular weight excluding hydrogens is 408 g/mol. The fraction of sp³-hybridized carbons (Fsp3) is 0.417. The summed E-state index contributed by atoms with van der Waals surface area (Å²) in [5.41, 5.74) is 1.93. The van der Waals surface area contributed by atoms with Gasteiger partial charge in [-0.1, -0.05) is 0 Å². The van der Waals surface area contributed by atoms with Gasteiger partial charge in [0.05, 0.1) is 26.8 Å². The Hall–Kier alpha value is -3.26. The molecule has 1 aliphatic heterocycles. The number of aromatic amines is 1. The molecule has 32 heavy (non-hydrogen) atoms. The van der Waals surface area contributed by atoms with E-state index in [0.29, 0.717) is 34.1 Å². The summed E-state index contributed by atoms with van der Waals surface area (Å²) in [6.07, 6.45) is 2.32. The molecule has 8 heteroatoms. The minimum atomic E-state index is -0.262. The van der Waals surface area contributed by atoms with Crippen LogP contribution in [-0.4, -0.2) is 62.9 Å². The lowest BCUT2D eigenvalue weighted by Gasteiger charge is -2.29. The number of likely N-dealkylation sites (tertiary alicyclic amines) is 1. The zero-order valence-corrected chi connectivity index (χ0v) is 19.0. The Kier molecular flexibility index (Phi) is 6.50. The number of piperidine rings is 1. The van der Waals surface area contributed by atoms with Crippen molar-refractivity contribution in [3.8, 4) is 28.6 Å². The Morgan fingerprint density at radius 2 is 1.81 bits per heavy atom. The number of aromatic nitrogens is 2. The van der Waals surface area contributed by atoms with E-state index in [0.717, 1.165) is 49.5 Å². The van der Waals surface area contributed by atoms with Crippen molar-refractivity contribution in [3.05, 3.63) is 40.7 Å². The van der Waals surface area contributed by atoms with Gasteiger partial charge in [0.25, 0.3) is 5.56 Å². The van der Waals surface area contributed by atoms with Gasteiger partial charge >= 0.3 is 0 Å². The van der Waals surface area contributed by atoms with E-state index in [1.807, 2.05) is 18.2 Å². The van der Waals surface area contributed by atoms with E-state index in [-0.39, 0.29) is 5.56 Å². The molecule has 0 bridgehead atoms. The van der Waals surface area contributed by atoms with Gasteiger partial charge < -0.3 is 29.4 Å². The van der Waals surface area contributed by atoms with Crippen molar-refractivity contribution in [2.45, 2.75) is 12.8 Å². The van der Waals surface area contributed by atoms with Crippen molar-refractivity contribution >= 4 is 16.6 Å². The van der Waals surface area contributed by atoms with Gasteiger partial charge in [0.15, 0.2) is 0 Å². The molecule has 170 valence electrons. The number of anilines is 1. The molecule has 0 saturated carbocycles. The zero-order chi connectivity index (χ0) is 22.7. The third-order valence-corrected chi connectivity index (χ3v) is 6.10. The third-order valence-electron chi connectivity index (χ3n) is 6.10. The van der Waals surface area contributed by atoms with Crippen LogP contribution in [0.3, 0.4) is 0 Å². The molecule has 4 rings (SSSR count). The normalized spacial score (nSPS) is 15.0. The summed E-state index contributed by atoms with van der Waals surface area (Å²) in [5, 5.41) is 3.97. The molecular formula is C24H30N4O4. The average molecular weight is 439 g/mol. The van der Waals surface area contributed by atoms with Crippen LogP contribution in [0.5, 0.6) is 17.2 Å². The lowest BCUT2D eigenvalue weighted by atomic mass is 9.97. The number of H-pyrrole nitrogens is 1. The highest BCUT2D eigenvalue weighted by Gasteiger charge is 2.19. The van der Waals surface area contributed by atoms with Crippen LogP contribution in [0.4, 0.5) is 5.69 Å². The maximum absolute atomic E-state index is 13.0. The molecule has 0 spiro atoms. The van der Waals surface area contributed by atoms with E-state index in [2.05, 4.69) is 22.2 Å². The fourth-order valence-corrected chi connectivity index (χ4v) is 4.14. The lowest BCUT2D eigenvalue weighted by molar-refractivity contribution is 0.226. The smallest absolute Gasteiger partial charge is 0.262 e. The predicted molar refractivity (Wildman–Crippen MR) is 126 cm³/mol. The first-order valence-electron chi connectivity index (χ1n) is 10.8. The monoisotopic (exact) mass is 438 g/mol. The van der Waals surface area contributed by atoms with Gasteiger partial charge in [-0.25, -0.2) is 4.98 Å². The highest BCUT2D eigenvalue weighted by Crippen LogP contribution is 2.33. The van der Waals surface area contributed by atoms with Gasteiger partial charge in [0.2, 0.25) is 0 Å². The van der Waals surface area contributed by atoms with Crippen LogP contribution in [0.2, 0.25) is 0 Å². The maximum atomic E-state index is 13.0. The Balaban J connectivity index is 1.73. The minimum absolute atomic E-state index is 0.262. The summed E-state index contributed by atoms with van der Waals surface area (Å²) in [5.74, 6) is 2.82. The van der Waals surface area contributed by atoms with Crippen molar-refractivity contribution < 1.29 is 14.2 Å². The number of ether oxygens (including phenoxy) is 3. The zero-order valence-electron chi connectivity index (χ0n) is 19.0. The number of fused-ring (bicyclic) bond motifs is 1. The van der Waals surface area contributed by atoms with Crippen molar-refractivity contribution in [3.63, 3.8) is 0 Å². The summed E-state index contributed by atoms with van der Waals surface area (Å²) in [6, 6.07) is 9.15. The molecule has 1 aromatic heterocycles. The van der Waals surface area contributed by atoms with Crippen molar-refractivity contribution in [2.24, 2.45) is 5.92 Å². The van der Waals surface area contributed by atoms with Gasteiger partial charge in [-0.2, -0.15) is 0 Å². The second-order valence-corrected chi connectivity index (χ2v) is 8.18. The molecule has 2 aromatic carbocycles. The first-order valence-corrected chi connectivity index (χ1v) is 10.8. The fourth-order valence-electron chi connectivity index (χ4n) is 4.14. The van der Waals surface area contributed by atoms with Crippen LogP contribution in [0, 0.1) is 5.92 Å². The van der Waals surface area contributed by atoms with E-state index in [9.17, 15) is 4.79 Å². The summed E-state index contributed by atoms with van der Waals surface area (Å²) in [7, 11) is 6.90. The number of rotatable bonds is 7. The summed E-state index contributed by atoms with van der Waals surface area (Å²) in [6.45, 7) is 3.08. The van der Waals surface area contributed by atoms with Gasteiger partial charge in [-0.05, 0) is 51.0 Å². The first kappa shape index (κ1) is 22.0. The largest absolute Gasteiger partial charge is 0.497 e. The number of nitrogens with one attached hydrogen (secondary N) is 2. The number of methoxy groups -OCH3 is 3. The maximum Gasteiger partial charge on any atom is 0.262 e. The topological polar surface area (TPSA) is 88.7 Å². The van der Waals surface area contributed by atoms with Crippen LogP contribution < -0.4 is 25.1 Å². The van der Waals surface area contributed by atoms with Gasteiger partial charge in [-0.3, -0.25) is 4.79 Å². The van der Waals surface area contributed by atoms with Gasteiger partial charge in [0.1, 0.15) is 28.5 Å². The molecule has 0 radical (unpaired) electrons. The van der Waals surface area contributed by atoms with E-state index in [1.54, 1.807) is 26.4 Å². The Bertz CT molecular complexity index is 1150. The predicted octanol–water partition coefficient (Wildman–Crippen LogP) is 3.37. The Morgan fingerprint density at radius 1 is 1.06 bits per heavy atom. The first-order chi connectivity index (χ1) is 15.5. The Labute approximate surface area is 187 Å². The number of hydrogen-bond acceptors (Lipinski definition) is 7. The molecule has 1 fully saturated rings. The number of nitrogens with zero attached hydrogens (tertiary/aromatic N) is 2. The standard InChI is InChI=1S/C24H30N4O4/c1-28-9-7-15(8-10-28)14-25-19-11-16(30-2)5-6-18(19)23-26-20-12-17(31-3)13-21(32-4)22(20)24(29)27-23/h5-6,11-13,15,25H,7-10,14H2,1-4H3,(H,26,27,29). The quantitative estimate of drug-likeness (QED) is 0.585. The number of hydrogen-bond donors (Lipinski definition) is 2. The molecule has 0 amide bonds. The molecule has 8 nitrogen and oxygen atoms in total. The molecule has 0 unspecified atom stereocenters.